The van der Waals surface area contributed by atoms with Crippen molar-refractivity contribution in [1.82, 2.24) is 10.2 Å². The predicted octanol–water partition coefficient (Wildman–Crippen LogP) is 4.73. The van der Waals surface area contributed by atoms with Gasteiger partial charge in [0.05, 0.1) is 15.5 Å². The van der Waals surface area contributed by atoms with E-state index in [4.69, 9.17) is 23.2 Å². The molecule has 2 aromatic rings. The van der Waals surface area contributed by atoms with Crippen LogP contribution in [0.1, 0.15) is 36.8 Å². The molecular formula is C24H28Cl2N2O2. The molecule has 2 aliphatic heterocycles. The van der Waals surface area contributed by atoms with Crippen LogP contribution >= 0.6 is 23.2 Å². The van der Waals surface area contributed by atoms with Crippen LogP contribution in [0.25, 0.3) is 0 Å². The largest absolute Gasteiger partial charge is 0.481 e. The molecule has 0 unspecified atom stereocenters. The van der Waals surface area contributed by atoms with Gasteiger partial charge in [-0.3, -0.25) is 4.79 Å². The van der Waals surface area contributed by atoms with Crippen molar-refractivity contribution in [3.05, 3.63) is 69.7 Å². The first kappa shape index (κ1) is 21.6. The number of benzene rings is 2. The van der Waals surface area contributed by atoms with Crippen molar-refractivity contribution < 1.29 is 9.90 Å². The maximum Gasteiger partial charge on any atom is 0.314 e. The summed E-state index contributed by atoms with van der Waals surface area (Å²) in [4.78, 5) is 14.6. The molecule has 0 aromatic heterocycles. The average molecular weight is 447 g/mol. The molecule has 2 N–H and O–H groups in total. The summed E-state index contributed by atoms with van der Waals surface area (Å²) in [5.41, 5.74) is 1.44. The van der Waals surface area contributed by atoms with Crippen molar-refractivity contribution in [2.45, 2.75) is 36.5 Å². The highest BCUT2D eigenvalue weighted by Gasteiger charge is 2.43. The molecule has 160 valence electrons. The van der Waals surface area contributed by atoms with Gasteiger partial charge in [0.2, 0.25) is 0 Å². The number of hydrogen-bond donors (Lipinski definition) is 2. The van der Waals surface area contributed by atoms with Gasteiger partial charge in [0.15, 0.2) is 0 Å². The van der Waals surface area contributed by atoms with E-state index < -0.39 is 11.4 Å². The van der Waals surface area contributed by atoms with E-state index in [0.717, 1.165) is 51.1 Å². The molecule has 4 nitrogen and oxygen atoms in total. The summed E-state index contributed by atoms with van der Waals surface area (Å²) in [7, 11) is 0. The molecular weight excluding hydrogens is 419 g/mol. The van der Waals surface area contributed by atoms with E-state index in [0.29, 0.717) is 22.9 Å². The van der Waals surface area contributed by atoms with Crippen LogP contribution in [0.3, 0.4) is 0 Å². The van der Waals surface area contributed by atoms with Gasteiger partial charge in [-0.05, 0) is 75.1 Å². The lowest BCUT2D eigenvalue weighted by atomic mass is 9.72. The van der Waals surface area contributed by atoms with E-state index in [1.807, 2.05) is 42.5 Å². The maximum atomic E-state index is 12.2. The molecule has 0 amide bonds. The molecule has 2 saturated heterocycles. The Bertz CT molecular complexity index is 889. The SMILES string of the molecule is O=C(O)C1(c2ccccc2)CCN(CC[C@]2(c3ccc(Cl)c(Cl)c3)CCNC2)CC1. The number of carbonyl (C=O) groups is 1. The highest BCUT2D eigenvalue weighted by atomic mass is 35.5. The van der Waals surface area contributed by atoms with E-state index in [9.17, 15) is 9.90 Å². The minimum Gasteiger partial charge on any atom is -0.481 e. The second-order valence-corrected chi connectivity index (χ2v) is 9.50. The number of carboxylic acids is 1. The molecule has 2 aromatic carbocycles. The number of nitrogens with zero attached hydrogens (tertiary/aromatic N) is 1. The minimum atomic E-state index is -0.770. The third kappa shape index (κ3) is 4.11. The summed E-state index contributed by atoms with van der Waals surface area (Å²) in [6.07, 6.45) is 3.37. The smallest absolute Gasteiger partial charge is 0.314 e. The lowest BCUT2D eigenvalue weighted by Crippen LogP contribution is -2.48. The van der Waals surface area contributed by atoms with Crippen molar-refractivity contribution in [2.24, 2.45) is 0 Å². The van der Waals surface area contributed by atoms with Crippen LogP contribution in [0.5, 0.6) is 0 Å². The van der Waals surface area contributed by atoms with Gasteiger partial charge in [-0.1, -0.05) is 59.6 Å². The Balaban J connectivity index is 1.44. The fourth-order valence-corrected chi connectivity index (χ4v) is 5.39. The zero-order chi connectivity index (χ0) is 21.2. The first-order chi connectivity index (χ1) is 14.5. The van der Waals surface area contributed by atoms with E-state index in [-0.39, 0.29) is 5.41 Å². The summed E-state index contributed by atoms with van der Waals surface area (Å²) in [5, 5.41) is 14.7. The van der Waals surface area contributed by atoms with Gasteiger partial charge in [0.1, 0.15) is 0 Å². The molecule has 2 heterocycles. The standard InChI is InChI=1S/C24H28Cl2N2O2/c25-20-7-6-19(16-21(20)26)23(8-12-27-17-23)9-13-28-14-10-24(11-15-28,22(29)30)18-4-2-1-3-5-18/h1-7,16,27H,8-15,17H2,(H,29,30)/t23-/m1/s1. The Hall–Kier alpha value is -1.59. The average Bonchev–Trinajstić information content (AvgIpc) is 3.25. The highest BCUT2D eigenvalue weighted by molar-refractivity contribution is 6.42. The van der Waals surface area contributed by atoms with Crippen molar-refractivity contribution in [3.63, 3.8) is 0 Å². The minimum absolute atomic E-state index is 0.0506. The third-order valence-corrected chi connectivity index (χ3v) is 7.87. The lowest BCUT2D eigenvalue weighted by molar-refractivity contribution is -0.146. The van der Waals surface area contributed by atoms with E-state index >= 15 is 0 Å². The second kappa shape index (κ2) is 8.88. The molecule has 6 heteroatoms. The number of hydrogen-bond acceptors (Lipinski definition) is 3. The molecule has 30 heavy (non-hydrogen) atoms. The number of halogens is 2. The lowest BCUT2D eigenvalue weighted by Gasteiger charge is -2.40. The van der Waals surface area contributed by atoms with Crippen LogP contribution in [0.4, 0.5) is 0 Å². The van der Waals surface area contributed by atoms with Gasteiger partial charge in [-0.2, -0.15) is 0 Å². The van der Waals surface area contributed by atoms with E-state index in [2.05, 4.69) is 16.3 Å². The second-order valence-electron chi connectivity index (χ2n) is 8.68. The molecule has 1 atom stereocenters. The van der Waals surface area contributed by atoms with Crippen molar-refractivity contribution in [2.75, 3.05) is 32.7 Å². The molecule has 0 spiro atoms. The molecule has 4 rings (SSSR count). The summed E-state index contributed by atoms with van der Waals surface area (Å²) in [6.45, 7) is 4.48. The van der Waals surface area contributed by atoms with Crippen molar-refractivity contribution in [1.29, 1.82) is 0 Å². The van der Waals surface area contributed by atoms with Gasteiger partial charge in [0.25, 0.3) is 0 Å². The van der Waals surface area contributed by atoms with Gasteiger partial charge in [0, 0.05) is 12.0 Å². The normalized spacial score (nSPS) is 24.1. The quantitative estimate of drug-likeness (QED) is 0.672. The summed E-state index contributed by atoms with van der Waals surface area (Å²) in [5.74, 6) is -0.708. The van der Waals surface area contributed by atoms with Crippen LogP contribution in [-0.4, -0.2) is 48.7 Å². The number of likely N-dealkylation sites (tertiary alicyclic amines) is 1. The maximum absolute atomic E-state index is 12.2. The zero-order valence-corrected chi connectivity index (χ0v) is 18.6. The summed E-state index contributed by atoms with van der Waals surface area (Å²) >= 11 is 12.4. The number of piperidine rings is 1. The Kier molecular flexibility index (Phi) is 6.40. The predicted molar refractivity (Wildman–Crippen MR) is 122 cm³/mol. The topological polar surface area (TPSA) is 52.6 Å². The van der Waals surface area contributed by atoms with E-state index in [1.54, 1.807) is 0 Å². The first-order valence-corrected chi connectivity index (χ1v) is 11.4. The number of carboxylic acid groups (broad SMARTS) is 1. The Morgan fingerprint density at radius 2 is 1.73 bits per heavy atom. The highest BCUT2D eigenvalue weighted by Crippen LogP contribution is 2.39. The van der Waals surface area contributed by atoms with Crippen molar-refractivity contribution in [3.8, 4) is 0 Å². The van der Waals surface area contributed by atoms with Gasteiger partial charge < -0.3 is 15.3 Å². The zero-order valence-electron chi connectivity index (χ0n) is 17.0. The van der Waals surface area contributed by atoms with Gasteiger partial charge in [-0.25, -0.2) is 0 Å². The van der Waals surface area contributed by atoms with E-state index in [1.165, 1.54) is 5.56 Å². The summed E-state index contributed by atoms with van der Waals surface area (Å²) in [6, 6.07) is 15.7. The molecule has 2 fully saturated rings. The molecule has 0 aliphatic carbocycles. The first-order valence-electron chi connectivity index (χ1n) is 10.6. The third-order valence-electron chi connectivity index (χ3n) is 7.13. The fraction of sp³-hybridized carbons (Fsp3) is 0.458. The fourth-order valence-electron chi connectivity index (χ4n) is 5.09. The molecule has 0 bridgehead atoms. The van der Waals surface area contributed by atoms with Gasteiger partial charge in [-0.15, -0.1) is 0 Å². The van der Waals surface area contributed by atoms with Crippen LogP contribution in [0.15, 0.2) is 48.5 Å². The number of aliphatic carboxylic acids is 1. The number of nitrogens with one attached hydrogen (secondary N) is 1. The number of rotatable bonds is 6. The molecule has 0 saturated carbocycles. The van der Waals surface area contributed by atoms with Crippen LogP contribution in [-0.2, 0) is 15.6 Å². The van der Waals surface area contributed by atoms with Gasteiger partial charge >= 0.3 is 5.97 Å². The molecule has 2 aliphatic rings. The Morgan fingerprint density at radius 3 is 2.33 bits per heavy atom. The monoisotopic (exact) mass is 446 g/mol. The van der Waals surface area contributed by atoms with Crippen LogP contribution in [0.2, 0.25) is 10.0 Å². The van der Waals surface area contributed by atoms with Crippen LogP contribution < -0.4 is 5.32 Å². The Labute approximate surface area is 188 Å². The van der Waals surface area contributed by atoms with Crippen LogP contribution in [0, 0.1) is 0 Å². The molecule has 0 radical (unpaired) electrons. The Morgan fingerprint density at radius 1 is 1.00 bits per heavy atom. The van der Waals surface area contributed by atoms with Crippen molar-refractivity contribution >= 4 is 29.2 Å². The summed E-state index contributed by atoms with van der Waals surface area (Å²) < 4.78 is 0.